The van der Waals surface area contributed by atoms with Gasteiger partial charge in [-0.05, 0) is 37.0 Å². The van der Waals surface area contributed by atoms with E-state index in [1.807, 2.05) is 33.8 Å². The molecule has 0 saturated heterocycles. The van der Waals surface area contributed by atoms with E-state index >= 15 is 0 Å². The predicted molar refractivity (Wildman–Crippen MR) is 114 cm³/mol. The van der Waals surface area contributed by atoms with Gasteiger partial charge >= 0.3 is 0 Å². The highest BCUT2D eigenvalue weighted by atomic mass is 14.0. The van der Waals surface area contributed by atoms with Crippen LogP contribution in [0.5, 0.6) is 0 Å². The maximum absolute atomic E-state index is 3.36. The van der Waals surface area contributed by atoms with Gasteiger partial charge in [-0.15, -0.1) is 13.2 Å². The van der Waals surface area contributed by atoms with Crippen molar-refractivity contribution in [2.45, 2.75) is 41.0 Å². The Balaban J connectivity index is 0. The molecule has 0 saturated carbocycles. The van der Waals surface area contributed by atoms with Gasteiger partial charge in [0.25, 0.3) is 0 Å². The average molecular weight is 323 g/mol. The SMILES string of the molecule is C=CC.C=CC.CC.CC/C(=C/c1ccccc1)c1ccccc1. The van der Waals surface area contributed by atoms with Crippen molar-refractivity contribution in [2.75, 3.05) is 0 Å². The summed E-state index contributed by atoms with van der Waals surface area (Å²) < 4.78 is 0. The summed E-state index contributed by atoms with van der Waals surface area (Å²) in [4.78, 5) is 0. The zero-order valence-corrected chi connectivity index (χ0v) is 16.1. The van der Waals surface area contributed by atoms with E-state index in [9.17, 15) is 0 Å². The predicted octanol–water partition coefficient (Wildman–Crippen LogP) is 8.05. The fraction of sp³-hybridized carbons (Fsp3) is 0.250. The van der Waals surface area contributed by atoms with Gasteiger partial charge in [0.1, 0.15) is 0 Å². The molecule has 24 heavy (non-hydrogen) atoms. The Morgan fingerprint density at radius 1 is 0.792 bits per heavy atom. The molecule has 0 aromatic heterocycles. The summed E-state index contributed by atoms with van der Waals surface area (Å²) >= 11 is 0. The maximum Gasteiger partial charge on any atom is -0.0224 e. The normalized spacial score (nSPS) is 8.96. The second kappa shape index (κ2) is 18.7. The van der Waals surface area contributed by atoms with Gasteiger partial charge in [0.05, 0.1) is 0 Å². The molecule has 0 heteroatoms. The van der Waals surface area contributed by atoms with E-state index in [2.05, 4.69) is 80.8 Å². The molecule has 0 aliphatic rings. The van der Waals surface area contributed by atoms with Crippen LogP contribution in [-0.2, 0) is 0 Å². The molecule has 0 spiro atoms. The van der Waals surface area contributed by atoms with Crippen molar-refractivity contribution >= 4 is 11.6 Å². The molecule has 2 rings (SSSR count). The van der Waals surface area contributed by atoms with Crippen molar-refractivity contribution in [3.8, 4) is 0 Å². The van der Waals surface area contributed by atoms with Crippen LogP contribution in [0.2, 0.25) is 0 Å². The van der Waals surface area contributed by atoms with Crippen LogP contribution in [0.25, 0.3) is 11.6 Å². The van der Waals surface area contributed by atoms with E-state index in [0.29, 0.717) is 0 Å². The highest BCUT2D eigenvalue weighted by Crippen LogP contribution is 2.20. The molecule has 0 aliphatic carbocycles. The molecule has 2 aromatic carbocycles. The molecule has 0 unspecified atom stereocenters. The Kier molecular flexibility index (Phi) is 18.6. The number of hydrogen-bond acceptors (Lipinski definition) is 0. The fourth-order valence-corrected chi connectivity index (χ4v) is 1.79. The second-order valence-corrected chi connectivity index (χ2v) is 4.62. The molecule has 0 fully saturated rings. The zero-order chi connectivity index (χ0) is 18.6. The maximum atomic E-state index is 3.36. The van der Waals surface area contributed by atoms with Crippen molar-refractivity contribution in [1.82, 2.24) is 0 Å². The van der Waals surface area contributed by atoms with Crippen LogP contribution in [0.1, 0.15) is 52.2 Å². The standard InChI is InChI=1S/C16H16.2C3H6.C2H6/c1-2-15(16-11-7-4-8-12-16)13-14-9-5-3-6-10-14;2*1-3-2;1-2/h3-13H,2H2,1H3;2*3H,1H2,2H3;1-2H3/b15-13-;;;. The van der Waals surface area contributed by atoms with Crippen molar-refractivity contribution in [3.63, 3.8) is 0 Å². The monoisotopic (exact) mass is 322 g/mol. The van der Waals surface area contributed by atoms with Crippen LogP contribution in [0.3, 0.4) is 0 Å². The lowest BCUT2D eigenvalue weighted by atomic mass is 10.0. The fourth-order valence-electron chi connectivity index (χ4n) is 1.79. The van der Waals surface area contributed by atoms with Gasteiger partial charge in [-0.25, -0.2) is 0 Å². The van der Waals surface area contributed by atoms with Gasteiger partial charge in [-0.3, -0.25) is 0 Å². The van der Waals surface area contributed by atoms with Crippen LogP contribution < -0.4 is 0 Å². The van der Waals surface area contributed by atoms with Gasteiger partial charge in [-0.2, -0.15) is 0 Å². The number of hydrogen-bond donors (Lipinski definition) is 0. The molecule has 0 heterocycles. The summed E-state index contributed by atoms with van der Waals surface area (Å²) in [6.07, 6.45) is 6.81. The van der Waals surface area contributed by atoms with Crippen LogP contribution in [-0.4, -0.2) is 0 Å². The Bertz CT molecular complexity index is 527. The molecule has 0 bridgehead atoms. The number of benzene rings is 2. The first-order valence-corrected chi connectivity index (χ1v) is 8.68. The molecule has 130 valence electrons. The molecular formula is C24H34. The largest absolute Gasteiger partial charge is 0.103 e. The Morgan fingerprint density at radius 3 is 1.54 bits per heavy atom. The summed E-state index contributed by atoms with van der Waals surface area (Å²) in [5.41, 5.74) is 3.96. The molecular weight excluding hydrogens is 288 g/mol. The van der Waals surface area contributed by atoms with E-state index in [0.717, 1.165) is 6.42 Å². The second-order valence-electron chi connectivity index (χ2n) is 4.62. The lowest BCUT2D eigenvalue weighted by molar-refractivity contribution is 1.25. The van der Waals surface area contributed by atoms with Crippen LogP contribution in [0, 0.1) is 0 Å². The first kappa shape index (κ1) is 23.9. The molecule has 0 nitrogen and oxygen atoms in total. The first-order chi connectivity index (χ1) is 11.7. The van der Waals surface area contributed by atoms with Crippen molar-refractivity contribution in [1.29, 1.82) is 0 Å². The van der Waals surface area contributed by atoms with Crippen molar-refractivity contribution < 1.29 is 0 Å². The van der Waals surface area contributed by atoms with E-state index < -0.39 is 0 Å². The van der Waals surface area contributed by atoms with Crippen LogP contribution in [0.4, 0.5) is 0 Å². The van der Waals surface area contributed by atoms with Gasteiger partial charge in [0.2, 0.25) is 0 Å². The molecule has 0 atom stereocenters. The minimum atomic E-state index is 1.05. The Morgan fingerprint density at radius 2 is 1.17 bits per heavy atom. The quantitative estimate of drug-likeness (QED) is 0.396. The van der Waals surface area contributed by atoms with E-state index in [-0.39, 0.29) is 0 Å². The van der Waals surface area contributed by atoms with Gasteiger partial charge < -0.3 is 0 Å². The van der Waals surface area contributed by atoms with Crippen molar-refractivity contribution in [2.24, 2.45) is 0 Å². The summed E-state index contributed by atoms with van der Waals surface area (Å²) in [5, 5.41) is 0. The highest BCUT2D eigenvalue weighted by molar-refractivity contribution is 5.81. The smallest absolute Gasteiger partial charge is 0.0224 e. The summed E-state index contributed by atoms with van der Waals surface area (Å²) in [5.74, 6) is 0. The van der Waals surface area contributed by atoms with Crippen LogP contribution in [0.15, 0.2) is 86.0 Å². The third-order valence-corrected chi connectivity index (χ3v) is 2.67. The Hall–Kier alpha value is -2.34. The van der Waals surface area contributed by atoms with E-state index in [1.54, 1.807) is 12.2 Å². The van der Waals surface area contributed by atoms with Gasteiger partial charge in [-0.1, -0.05) is 99.7 Å². The molecule has 0 N–H and O–H groups in total. The van der Waals surface area contributed by atoms with E-state index in [4.69, 9.17) is 0 Å². The number of rotatable bonds is 3. The minimum Gasteiger partial charge on any atom is -0.103 e. The molecule has 0 amide bonds. The molecule has 0 radical (unpaired) electrons. The third-order valence-electron chi connectivity index (χ3n) is 2.67. The summed E-state index contributed by atoms with van der Waals surface area (Å²) in [6, 6.07) is 21.0. The number of allylic oxidation sites excluding steroid dienone is 3. The van der Waals surface area contributed by atoms with Crippen LogP contribution >= 0.6 is 0 Å². The lowest BCUT2D eigenvalue weighted by Gasteiger charge is -2.04. The highest BCUT2D eigenvalue weighted by Gasteiger charge is 1.97. The lowest BCUT2D eigenvalue weighted by Crippen LogP contribution is -1.82. The minimum absolute atomic E-state index is 1.05. The first-order valence-electron chi connectivity index (χ1n) is 8.68. The topological polar surface area (TPSA) is 0 Å². The van der Waals surface area contributed by atoms with E-state index in [1.165, 1.54) is 16.7 Å². The third kappa shape index (κ3) is 12.2. The van der Waals surface area contributed by atoms with Crippen molar-refractivity contribution in [3.05, 3.63) is 97.1 Å². The summed E-state index contributed by atoms with van der Waals surface area (Å²) in [6.45, 7) is 16.7. The Labute approximate surface area is 150 Å². The average Bonchev–Trinajstić information content (AvgIpc) is 2.64. The molecule has 0 aliphatic heterocycles. The summed E-state index contributed by atoms with van der Waals surface area (Å²) in [7, 11) is 0. The molecule has 2 aromatic rings. The zero-order valence-electron chi connectivity index (χ0n) is 16.1. The van der Waals surface area contributed by atoms with Gasteiger partial charge in [0.15, 0.2) is 0 Å². The van der Waals surface area contributed by atoms with Gasteiger partial charge in [0, 0.05) is 0 Å².